The first-order valence-corrected chi connectivity index (χ1v) is 34.6. The summed E-state index contributed by atoms with van der Waals surface area (Å²) in [6.45, 7) is 14.1. The predicted molar refractivity (Wildman–Crippen MR) is 316 cm³/mol. The molecule has 0 amide bonds. The number of benzene rings is 2. The quantitative estimate of drug-likeness (QED) is 0.0480. The lowest BCUT2D eigenvalue weighted by Gasteiger charge is -2.58. The first-order valence-electron chi connectivity index (χ1n) is 31.8. The second kappa shape index (κ2) is 24.6. The Morgan fingerprint density at radius 2 is 0.901 bits per heavy atom. The number of carbonyl (C=O) groups is 2. The van der Waals surface area contributed by atoms with Crippen molar-refractivity contribution in [3.05, 3.63) is 83.0 Å². The number of esters is 2. The van der Waals surface area contributed by atoms with Gasteiger partial charge in [-0.1, -0.05) is 112 Å². The van der Waals surface area contributed by atoms with Crippen LogP contribution in [0.3, 0.4) is 0 Å². The van der Waals surface area contributed by atoms with E-state index in [-0.39, 0.29) is 80.6 Å². The van der Waals surface area contributed by atoms with Crippen molar-refractivity contribution >= 4 is 32.2 Å². The van der Waals surface area contributed by atoms with Crippen LogP contribution in [0.2, 0.25) is 0 Å². The molecule has 0 N–H and O–H groups in total. The third-order valence-electron chi connectivity index (χ3n) is 24.0. The van der Waals surface area contributed by atoms with Gasteiger partial charge in [0.2, 0.25) is 0 Å². The van der Waals surface area contributed by atoms with Crippen molar-refractivity contribution in [3.63, 3.8) is 0 Å². The van der Waals surface area contributed by atoms with Crippen LogP contribution >= 0.6 is 0 Å². The monoisotopic (exact) mass is 1150 g/mol. The molecule has 8 unspecified atom stereocenters. The normalized spacial score (nSPS) is 36.0. The summed E-state index contributed by atoms with van der Waals surface area (Å²) in [4.78, 5) is 26.6. The minimum atomic E-state index is -3.85. The van der Waals surface area contributed by atoms with Gasteiger partial charge in [-0.25, -0.2) is 0 Å². The number of rotatable bonds is 22. The summed E-state index contributed by atoms with van der Waals surface area (Å²) in [5, 5.41) is 0. The summed E-state index contributed by atoms with van der Waals surface area (Å²) in [7, 11) is -4.60. The summed E-state index contributed by atoms with van der Waals surface area (Å²) < 4.78 is 82.3. The summed E-state index contributed by atoms with van der Waals surface area (Å²) >= 11 is 0. The lowest BCUT2D eigenvalue weighted by Crippen LogP contribution is -2.51. The molecule has 6 fully saturated rings. The van der Waals surface area contributed by atoms with E-state index in [1.165, 1.54) is 0 Å². The van der Waals surface area contributed by atoms with Crippen molar-refractivity contribution in [2.75, 3.05) is 27.4 Å². The number of allylic oxidation sites excluding steroid dienone is 4. The average Bonchev–Trinajstić information content (AvgIpc) is 4.10. The molecule has 0 aromatic heterocycles. The maximum absolute atomic E-state index is 13.1. The second-order valence-corrected chi connectivity index (χ2v) is 31.2. The molecule has 2 aromatic rings. The van der Waals surface area contributed by atoms with E-state index in [4.69, 9.17) is 22.6 Å². The Labute approximate surface area is 487 Å². The molecule has 0 aliphatic heterocycles. The average molecular weight is 1160 g/mol. The summed E-state index contributed by atoms with van der Waals surface area (Å²) in [6.07, 6.45) is 29.1. The summed E-state index contributed by atoms with van der Waals surface area (Å²) in [5.41, 5.74) is 5.47. The van der Waals surface area contributed by atoms with Crippen molar-refractivity contribution in [2.24, 2.45) is 80.8 Å². The van der Waals surface area contributed by atoms with Gasteiger partial charge in [-0.2, -0.15) is 16.8 Å². The Hall–Kier alpha value is -3.36. The SMILES string of the molecule is COC(=O)[C@H]1CCC2C3CC=C4C[C@@H](C(CCCCCOS(=O)(=O)c5ccc(C)cc5)OC(CCCCCOS(=O)(=O)c5ccc(C)cc5)[C@H]5CC[C@@]6(C)C(=CCC7C6CC[C@@]6(C)C7CC[C@@H]6C(=O)OC)C5)CC[C@]4(C)C3CC[C@@]21C. The van der Waals surface area contributed by atoms with Crippen LogP contribution < -0.4 is 0 Å². The Morgan fingerprint density at radius 3 is 1.28 bits per heavy atom. The zero-order valence-corrected chi connectivity index (χ0v) is 52.0. The van der Waals surface area contributed by atoms with Gasteiger partial charge >= 0.3 is 11.9 Å². The molecule has 13 heteroatoms. The van der Waals surface area contributed by atoms with Gasteiger partial charge in [-0.05, 0) is 236 Å². The summed E-state index contributed by atoms with van der Waals surface area (Å²) in [6, 6.07) is 13.7. The number of hydrogen-bond acceptors (Lipinski definition) is 11. The van der Waals surface area contributed by atoms with Crippen LogP contribution in [0.4, 0.5) is 0 Å². The molecule has 11 nitrogen and oxygen atoms in total. The highest BCUT2D eigenvalue weighted by molar-refractivity contribution is 7.87. The molecule has 0 spiro atoms. The fourth-order valence-electron chi connectivity index (χ4n) is 19.3. The molecule has 81 heavy (non-hydrogen) atoms. The molecule has 0 heterocycles. The molecule has 448 valence electrons. The number of aryl methyl sites for hydroxylation is 2. The predicted octanol–water partition coefficient (Wildman–Crippen LogP) is 15.0. The van der Waals surface area contributed by atoms with Crippen LogP contribution in [-0.2, 0) is 52.4 Å². The number of carbonyl (C=O) groups excluding carboxylic acids is 2. The first-order chi connectivity index (χ1) is 38.6. The highest BCUT2D eigenvalue weighted by Crippen LogP contribution is 2.69. The van der Waals surface area contributed by atoms with Crippen LogP contribution in [0.15, 0.2) is 81.6 Å². The molecule has 2 aromatic carbocycles. The fraction of sp³-hybridized carbons (Fsp3) is 0.735. The van der Waals surface area contributed by atoms with Gasteiger partial charge in [0.15, 0.2) is 0 Å². The van der Waals surface area contributed by atoms with E-state index in [9.17, 15) is 26.4 Å². The van der Waals surface area contributed by atoms with E-state index in [1.807, 2.05) is 13.8 Å². The molecule has 0 saturated heterocycles. The highest BCUT2D eigenvalue weighted by atomic mass is 32.2. The van der Waals surface area contributed by atoms with Crippen molar-refractivity contribution < 1.29 is 49.0 Å². The Kier molecular flexibility index (Phi) is 18.4. The lowest BCUT2D eigenvalue weighted by molar-refractivity contribution is -0.153. The smallest absolute Gasteiger partial charge is 0.309 e. The van der Waals surface area contributed by atoms with E-state index >= 15 is 0 Å². The molecule has 6 saturated carbocycles. The molecule has 8 aliphatic carbocycles. The zero-order chi connectivity index (χ0) is 57.5. The summed E-state index contributed by atoms with van der Waals surface area (Å²) in [5.74, 6) is 4.09. The third kappa shape index (κ3) is 12.0. The molecular formula is C68H98O11S2. The minimum Gasteiger partial charge on any atom is -0.469 e. The number of unbranched alkanes of at least 4 members (excludes halogenated alkanes) is 4. The van der Waals surface area contributed by atoms with Gasteiger partial charge in [0.05, 0.1) is 61.3 Å². The Bertz CT molecular complexity index is 2650. The van der Waals surface area contributed by atoms with Crippen molar-refractivity contribution in [1.29, 1.82) is 0 Å². The number of methoxy groups -OCH3 is 2. The minimum absolute atomic E-state index is 0.00173. The largest absolute Gasteiger partial charge is 0.469 e. The van der Waals surface area contributed by atoms with E-state index in [0.29, 0.717) is 60.2 Å². The van der Waals surface area contributed by atoms with Gasteiger partial charge in [-0.3, -0.25) is 18.0 Å². The molecule has 0 bridgehead atoms. The number of fused-ring (bicyclic) bond motifs is 10. The number of hydrogen-bond donors (Lipinski definition) is 0. The van der Waals surface area contributed by atoms with Crippen molar-refractivity contribution in [1.82, 2.24) is 0 Å². The van der Waals surface area contributed by atoms with Gasteiger partial charge in [0.1, 0.15) is 0 Å². The van der Waals surface area contributed by atoms with Gasteiger partial charge in [0.25, 0.3) is 20.2 Å². The van der Waals surface area contributed by atoms with E-state index in [1.54, 1.807) is 73.9 Å². The molecule has 0 radical (unpaired) electrons. The van der Waals surface area contributed by atoms with Crippen molar-refractivity contribution in [2.45, 2.75) is 218 Å². The molecule has 10 rings (SSSR count). The van der Waals surface area contributed by atoms with E-state index < -0.39 is 20.2 Å². The highest BCUT2D eigenvalue weighted by Gasteiger charge is 2.62. The van der Waals surface area contributed by atoms with Crippen LogP contribution in [0.5, 0.6) is 0 Å². The topological polar surface area (TPSA) is 149 Å². The van der Waals surface area contributed by atoms with Crippen molar-refractivity contribution in [3.8, 4) is 0 Å². The van der Waals surface area contributed by atoms with Crippen LogP contribution in [0, 0.1) is 94.7 Å². The fourth-order valence-corrected chi connectivity index (χ4v) is 21.1. The first kappa shape index (κ1) is 60.8. The second-order valence-electron chi connectivity index (χ2n) is 28.0. The molecular weight excluding hydrogens is 1060 g/mol. The molecule has 8 aliphatic rings. The van der Waals surface area contributed by atoms with E-state index in [0.717, 1.165) is 152 Å². The van der Waals surface area contributed by atoms with Gasteiger partial charge in [-0.15, -0.1) is 0 Å². The maximum atomic E-state index is 13.1. The zero-order valence-electron chi connectivity index (χ0n) is 50.4. The number of ether oxygens (including phenoxy) is 3. The molecule has 16 atom stereocenters. The van der Waals surface area contributed by atoms with Crippen LogP contribution in [-0.4, -0.2) is 68.4 Å². The van der Waals surface area contributed by atoms with Gasteiger partial charge < -0.3 is 14.2 Å². The van der Waals surface area contributed by atoms with E-state index in [2.05, 4.69) is 39.8 Å². The maximum Gasteiger partial charge on any atom is 0.309 e. The van der Waals surface area contributed by atoms with Crippen LogP contribution in [0.25, 0.3) is 0 Å². The standard InChI is InChI=1S/C68H98O11S2/c1-45-17-23-51(24-18-45)80(71,72)77-41-13-9-11-15-61(47-33-37-65(3)49(43-47)21-27-53-55-29-31-59(63(69)75-7)67(55,5)39-35-57(53)65)79-62(16-12-10-14-42-78-81(73,74)52-25-19-46(2)20-26-52)48-34-38-66(4)50(44-48)22-28-54-56-30-32-60(64(70)76-8)68(56,6)40-36-58(54)66/h17-26,47-48,53-62H,9-16,27-44H2,1-8H3/t47-,48-,53?,54?,55?,56?,57?,58?,59+,60+,61?,62?,65-,66-,67-,68-/m0/s1. The van der Waals surface area contributed by atoms with Crippen LogP contribution in [0.1, 0.15) is 193 Å². The Morgan fingerprint density at radius 1 is 0.506 bits per heavy atom. The lowest BCUT2D eigenvalue weighted by atomic mass is 9.46. The third-order valence-corrected chi connectivity index (χ3v) is 26.7. The van der Waals surface area contributed by atoms with Gasteiger partial charge in [0, 0.05) is 0 Å². The Balaban J connectivity index is 0.871.